The van der Waals surface area contributed by atoms with Gasteiger partial charge in [0.2, 0.25) is 0 Å². The molecule has 5 unspecified atom stereocenters. The second kappa shape index (κ2) is 19.5. The lowest BCUT2D eigenvalue weighted by Crippen LogP contribution is -2.11. The fourth-order valence-corrected chi connectivity index (χ4v) is 5.84. The molecule has 0 nitrogen and oxygen atoms in total. The van der Waals surface area contributed by atoms with Crippen LogP contribution in [-0.2, 0) is 0 Å². The molecular weight excluding hydrogens is 372 g/mol. The van der Waals surface area contributed by atoms with Gasteiger partial charge in [-0.1, -0.05) is 163 Å². The molecule has 0 N–H and O–H groups in total. The number of rotatable bonds is 23. The van der Waals surface area contributed by atoms with Gasteiger partial charge in [0.15, 0.2) is 0 Å². The SMILES string of the molecule is CCCCCCCCCC(CC)C(C)CCCC1CC1CCCCCCCC(C)CC. The van der Waals surface area contributed by atoms with E-state index in [2.05, 4.69) is 34.6 Å². The van der Waals surface area contributed by atoms with E-state index in [4.69, 9.17) is 0 Å². The van der Waals surface area contributed by atoms with Gasteiger partial charge in [-0.05, 0) is 36.0 Å². The molecule has 0 aromatic rings. The third-order valence-electron chi connectivity index (χ3n) is 8.78. The van der Waals surface area contributed by atoms with Crippen LogP contribution in [0.4, 0.5) is 0 Å². The molecular formula is C31H62. The molecule has 31 heavy (non-hydrogen) atoms. The lowest BCUT2D eigenvalue weighted by molar-refractivity contribution is 0.289. The van der Waals surface area contributed by atoms with Gasteiger partial charge in [0, 0.05) is 0 Å². The Morgan fingerprint density at radius 3 is 1.71 bits per heavy atom. The van der Waals surface area contributed by atoms with Crippen molar-refractivity contribution in [2.45, 2.75) is 169 Å². The van der Waals surface area contributed by atoms with Crippen molar-refractivity contribution in [3.8, 4) is 0 Å². The highest BCUT2D eigenvalue weighted by atomic mass is 14.4. The molecule has 0 aromatic heterocycles. The van der Waals surface area contributed by atoms with Crippen LogP contribution in [0.25, 0.3) is 0 Å². The molecule has 5 atom stereocenters. The first kappa shape index (κ1) is 29.0. The summed E-state index contributed by atoms with van der Waals surface area (Å²) < 4.78 is 0. The zero-order chi connectivity index (χ0) is 22.7. The molecule has 0 amide bonds. The van der Waals surface area contributed by atoms with Crippen LogP contribution in [0.1, 0.15) is 169 Å². The zero-order valence-electron chi connectivity index (χ0n) is 22.7. The van der Waals surface area contributed by atoms with E-state index < -0.39 is 0 Å². The van der Waals surface area contributed by atoms with Crippen LogP contribution in [0.3, 0.4) is 0 Å². The lowest BCUT2D eigenvalue weighted by Gasteiger charge is -2.23. The number of hydrogen-bond acceptors (Lipinski definition) is 0. The minimum atomic E-state index is 0.947. The Morgan fingerprint density at radius 1 is 0.548 bits per heavy atom. The van der Waals surface area contributed by atoms with E-state index in [1.807, 2.05) is 0 Å². The van der Waals surface area contributed by atoms with Gasteiger partial charge in [0.05, 0.1) is 0 Å². The Kier molecular flexibility index (Phi) is 18.2. The molecule has 1 fully saturated rings. The first-order chi connectivity index (χ1) is 15.1. The second-order valence-corrected chi connectivity index (χ2v) is 11.6. The Balaban J connectivity index is 1.94. The summed E-state index contributed by atoms with van der Waals surface area (Å²) in [5, 5.41) is 0. The summed E-state index contributed by atoms with van der Waals surface area (Å²) in [6.07, 6.45) is 31.0. The molecule has 0 bridgehead atoms. The van der Waals surface area contributed by atoms with Crippen LogP contribution in [0, 0.1) is 29.6 Å². The zero-order valence-corrected chi connectivity index (χ0v) is 22.7. The topological polar surface area (TPSA) is 0 Å². The minimum Gasteiger partial charge on any atom is -0.0654 e. The largest absolute Gasteiger partial charge is 0.0654 e. The summed E-state index contributed by atoms with van der Waals surface area (Å²) in [4.78, 5) is 0. The summed E-state index contributed by atoms with van der Waals surface area (Å²) >= 11 is 0. The lowest BCUT2D eigenvalue weighted by atomic mass is 9.83. The second-order valence-electron chi connectivity index (χ2n) is 11.6. The van der Waals surface area contributed by atoms with Crippen molar-refractivity contribution in [2.75, 3.05) is 0 Å². The van der Waals surface area contributed by atoms with Crippen molar-refractivity contribution in [3.05, 3.63) is 0 Å². The predicted molar refractivity (Wildman–Crippen MR) is 143 cm³/mol. The van der Waals surface area contributed by atoms with Gasteiger partial charge in [-0.3, -0.25) is 0 Å². The molecule has 0 heterocycles. The summed E-state index contributed by atoms with van der Waals surface area (Å²) in [6, 6.07) is 0. The highest BCUT2D eigenvalue weighted by Gasteiger charge is 2.35. The molecule has 1 aliphatic rings. The van der Waals surface area contributed by atoms with Gasteiger partial charge in [-0.15, -0.1) is 0 Å². The van der Waals surface area contributed by atoms with Gasteiger partial charge >= 0.3 is 0 Å². The monoisotopic (exact) mass is 434 g/mol. The first-order valence-corrected chi connectivity index (χ1v) is 15.1. The molecule has 0 radical (unpaired) electrons. The van der Waals surface area contributed by atoms with Crippen molar-refractivity contribution >= 4 is 0 Å². The molecule has 1 aliphatic carbocycles. The van der Waals surface area contributed by atoms with E-state index in [-0.39, 0.29) is 0 Å². The van der Waals surface area contributed by atoms with Crippen LogP contribution in [-0.4, -0.2) is 0 Å². The smallest absolute Gasteiger partial charge is 0.0383 e. The van der Waals surface area contributed by atoms with Crippen molar-refractivity contribution in [2.24, 2.45) is 29.6 Å². The van der Waals surface area contributed by atoms with E-state index in [1.165, 1.54) is 122 Å². The van der Waals surface area contributed by atoms with Gasteiger partial charge in [-0.25, -0.2) is 0 Å². The van der Waals surface area contributed by atoms with Crippen molar-refractivity contribution < 1.29 is 0 Å². The molecule has 1 rings (SSSR count). The maximum absolute atomic E-state index is 2.56. The average Bonchev–Trinajstić information content (AvgIpc) is 3.52. The van der Waals surface area contributed by atoms with Crippen LogP contribution in [0.2, 0.25) is 0 Å². The summed E-state index contributed by atoms with van der Waals surface area (Å²) in [6.45, 7) is 12.0. The van der Waals surface area contributed by atoms with Gasteiger partial charge in [-0.2, -0.15) is 0 Å². The molecule has 0 spiro atoms. The van der Waals surface area contributed by atoms with E-state index in [1.54, 1.807) is 12.8 Å². The van der Waals surface area contributed by atoms with E-state index in [0.717, 1.165) is 29.6 Å². The first-order valence-electron chi connectivity index (χ1n) is 15.1. The van der Waals surface area contributed by atoms with E-state index in [9.17, 15) is 0 Å². The maximum Gasteiger partial charge on any atom is -0.0383 e. The van der Waals surface area contributed by atoms with Crippen molar-refractivity contribution in [1.29, 1.82) is 0 Å². The normalized spacial score (nSPS) is 21.2. The van der Waals surface area contributed by atoms with Crippen LogP contribution in [0.15, 0.2) is 0 Å². The highest BCUT2D eigenvalue weighted by Crippen LogP contribution is 2.46. The fourth-order valence-electron chi connectivity index (χ4n) is 5.84. The highest BCUT2D eigenvalue weighted by molar-refractivity contribution is 4.86. The fraction of sp³-hybridized carbons (Fsp3) is 1.00. The van der Waals surface area contributed by atoms with Crippen LogP contribution in [0.5, 0.6) is 0 Å². The van der Waals surface area contributed by atoms with Crippen LogP contribution >= 0.6 is 0 Å². The van der Waals surface area contributed by atoms with E-state index in [0.29, 0.717) is 0 Å². The molecule has 1 saturated carbocycles. The van der Waals surface area contributed by atoms with Gasteiger partial charge in [0.25, 0.3) is 0 Å². The summed E-state index contributed by atoms with van der Waals surface area (Å²) in [7, 11) is 0. The molecule has 0 saturated heterocycles. The van der Waals surface area contributed by atoms with Gasteiger partial charge < -0.3 is 0 Å². The van der Waals surface area contributed by atoms with Crippen LogP contribution < -0.4 is 0 Å². The molecule has 0 aromatic carbocycles. The summed E-state index contributed by atoms with van der Waals surface area (Å²) in [5.41, 5.74) is 0. The molecule has 0 aliphatic heterocycles. The minimum absolute atomic E-state index is 0.947. The van der Waals surface area contributed by atoms with Gasteiger partial charge in [0.1, 0.15) is 0 Å². The number of unbranched alkanes of at least 4 members (excludes halogenated alkanes) is 10. The predicted octanol–water partition coefficient (Wildman–Crippen LogP) is 11.4. The summed E-state index contributed by atoms with van der Waals surface area (Å²) in [5.74, 6) is 5.12. The Morgan fingerprint density at radius 2 is 1.10 bits per heavy atom. The maximum atomic E-state index is 2.56. The molecule has 0 heteroatoms. The third-order valence-corrected chi connectivity index (χ3v) is 8.78. The Labute approximate surface area is 199 Å². The van der Waals surface area contributed by atoms with Crippen molar-refractivity contribution in [3.63, 3.8) is 0 Å². The Hall–Kier alpha value is 0. The van der Waals surface area contributed by atoms with Crippen molar-refractivity contribution in [1.82, 2.24) is 0 Å². The Bertz CT molecular complexity index is 372. The quantitative estimate of drug-likeness (QED) is 0.140. The number of hydrogen-bond donors (Lipinski definition) is 0. The van der Waals surface area contributed by atoms with E-state index >= 15 is 0 Å². The average molecular weight is 435 g/mol. The third kappa shape index (κ3) is 15.5. The standard InChI is InChI=1S/C31H62/c1-6-9-10-11-12-15-18-23-29(8-3)28(5)22-20-25-31-26-30(31)24-19-16-13-14-17-21-27(4)7-2/h27-31H,6-26H2,1-5H3. The molecule has 186 valence electrons.